The lowest BCUT2D eigenvalue weighted by atomic mass is 9.74. The molecule has 0 amide bonds. The van der Waals surface area contributed by atoms with Crippen molar-refractivity contribution in [3.05, 3.63) is 34.3 Å². The zero-order valence-corrected chi connectivity index (χ0v) is 14.9. The van der Waals surface area contributed by atoms with Crippen LogP contribution in [0.1, 0.15) is 37.3 Å². The molecule has 0 aromatic heterocycles. The summed E-state index contributed by atoms with van der Waals surface area (Å²) < 4.78 is 5.77. The van der Waals surface area contributed by atoms with Crippen LogP contribution in [0.25, 0.3) is 0 Å². The molecule has 3 atom stereocenters. The SMILES string of the molecule is COC(=O)C1CCCC[C@H]1C(=O)C(N)c1ccc(Br)cc1.Cl. The van der Waals surface area contributed by atoms with Crippen molar-refractivity contribution in [2.24, 2.45) is 17.6 Å². The van der Waals surface area contributed by atoms with Crippen LogP contribution in [0.5, 0.6) is 0 Å². The van der Waals surface area contributed by atoms with Crippen molar-refractivity contribution in [3.63, 3.8) is 0 Å². The molecule has 1 saturated carbocycles. The Kier molecular flexibility index (Phi) is 7.53. The molecular formula is C16H21BrClNO3. The predicted octanol–water partition coefficient (Wildman–Crippen LogP) is 3.42. The largest absolute Gasteiger partial charge is 0.469 e. The van der Waals surface area contributed by atoms with E-state index in [1.54, 1.807) is 0 Å². The molecule has 0 bridgehead atoms. The molecule has 2 unspecified atom stereocenters. The molecule has 1 aromatic rings. The Labute approximate surface area is 145 Å². The maximum atomic E-state index is 12.7. The van der Waals surface area contributed by atoms with Crippen LogP contribution in [-0.4, -0.2) is 18.9 Å². The van der Waals surface area contributed by atoms with E-state index >= 15 is 0 Å². The Bertz CT molecular complexity index is 521. The van der Waals surface area contributed by atoms with E-state index in [1.165, 1.54) is 7.11 Å². The van der Waals surface area contributed by atoms with Gasteiger partial charge < -0.3 is 10.5 Å². The second-order valence-electron chi connectivity index (χ2n) is 5.45. The molecule has 1 aliphatic rings. The lowest BCUT2D eigenvalue weighted by Crippen LogP contribution is -2.38. The summed E-state index contributed by atoms with van der Waals surface area (Å²) in [6, 6.07) is 6.71. The summed E-state index contributed by atoms with van der Waals surface area (Å²) in [5.41, 5.74) is 6.88. The molecule has 0 aliphatic heterocycles. The Morgan fingerprint density at radius 1 is 1.18 bits per heavy atom. The summed E-state index contributed by atoms with van der Waals surface area (Å²) in [7, 11) is 1.37. The van der Waals surface area contributed by atoms with Gasteiger partial charge >= 0.3 is 5.97 Å². The summed E-state index contributed by atoms with van der Waals surface area (Å²) >= 11 is 3.36. The predicted molar refractivity (Wildman–Crippen MR) is 90.8 cm³/mol. The fraction of sp³-hybridized carbons (Fsp3) is 0.500. The van der Waals surface area contributed by atoms with Crippen LogP contribution < -0.4 is 5.73 Å². The highest BCUT2D eigenvalue weighted by Gasteiger charge is 2.38. The van der Waals surface area contributed by atoms with Gasteiger partial charge in [0.1, 0.15) is 0 Å². The number of Topliss-reactive ketones (excluding diaryl/α,β-unsaturated/α-hetero) is 1. The average molecular weight is 391 g/mol. The summed E-state index contributed by atoms with van der Waals surface area (Å²) in [4.78, 5) is 24.5. The Morgan fingerprint density at radius 3 is 2.27 bits per heavy atom. The van der Waals surface area contributed by atoms with Crippen molar-refractivity contribution >= 4 is 40.1 Å². The first kappa shape index (κ1) is 19.1. The van der Waals surface area contributed by atoms with Crippen LogP contribution in [0, 0.1) is 11.8 Å². The minimum atomic E-state index is -0.687. The van der Waals surface area contributed by atoms with Gasteiger partial charge in [-0.25, -0.2) is 0 Å². The molecule has 122 valence electrons. The first-order valence-electron chi connectivity index (χ1n) is 7.17. The third-order valence-electron chi connectivity index (χ3n) is 4.17. The van der Waals surface area contributed by atoms with E-state index < -0.39 is 6.04 Å². The van der Waals surface area contributed by atoms with Gasteiger partial charge in [-0.3, -0.25) is 9.59 Å². The average Bonchev–Trinajstić information content (AvgIpc) is 2.53. The highest BCUT2D eigenvalue weighted by atomic mass is 79.9. The zero-order chi connectivity index (χ0) is 15.4. The van der Waals surface area contributed by atoms with Gasteiger partial charge in [-0.05, 0) is 30.5 Å². The van der Waals surface area contributed by atoms with E-state index in [-0.39, 0.29) is 36.0 Å². The first-order valence-corrected chi connectivity index (χ1v) is 7.96. The number of hydrogen-bond donors (Lipinski definition) is 1. The lowest BCUT2D eigenvalue weighted by molar-refractivity contribution is -0.151. The maximum Gasteiger partial charge on any atom is 0.309 e. The molecule has 0 spiro atoms. The number of benzene rings is 1. The number of methoxy groups -OCH3 is 1. The van der Waals surface area contributed by atoms with E-state index in [1.807, 2.05) is 24.3 Å². The van der Waals surface area contributed by atoms with Gasteiger partial charge in [0.25, 0.3) is 0 Å². The van der Waals surface area contributed by atoms with Crippen molar-refractivity contribution in [1.82, 2.24) is 0 Å². The molecule has 0 heterocycles. The number of nitrogens with two attached hydrogens (primary N) is 1. The second-order valence-corrected chi connectivity index (χ2v) is 6.37. The number of esters is 1. The molecule has 0 radical (unpaired) electrons. The van der Waals surface area contributed by atoms with E-state index in [9.17, 15) is 9.59 Å². The summed E-state index contributed by atoms with van der Waals surface area (Å²) in [5, 5.41) is 0. The summed E-state index contributed by atoms with van der Waals surface area (Å²) in [6.07, 6.45) is 3.33. The van der Waals surface area contributed by atoms with Gasteiger partial charge in [0.15, 0.2) is 5.78 Å². The third-order valence-corrected chi connectivity index (χ3v) is 4.70. The van der Waals surface area contributed by atoms with Crippen LogP contribution in [0.15, 0.2) is 28.7 Å². The number of ketones is 1. The number of halogens is 2. The van der Waals surface area contributed by atoms with E-state index in [0.29, 0.717) is 12.8 Å². The number of rotatable bonds is 4. The van der Waals surface area contributed by atoms with Gasteiger partial charge in [-0.15, -0.1) is 12.4 Å². The van der Waals surface area contributed by atoms with E-state index in [2.05, 4.69) is 15.9 Å². The monoisotopic (exact) mass is 389 g/mol. The fourth-order valence-corrected chi connectivity index (χ4v) is 3.23. The molecular weight excluding hydrogens is 370 g/mol. The molecule has 4 nitrogen and oxygen atoms in total. The molecule has 1 aromatic carbocycles. The molecule has 2 N–H and O–H groups in total. The van der Waals surface area contributed by atoms with Gasteiger partial charge in [0, 0.05) is 10.4 Å². The molecule has 1 aliphatic carbocycles. The maximum absolute atomic E-state index is 12.7. The van der Waals surface area contributed by atoms with E-state index in [0.717, 1.165) is 22.9 Å². The third kappa shape index (κ3) is 4.31. The van der Waals surface area contributed by atoms with Gasteiger partial charge in [-0.1, -0.05) is 40.9 Å². The number of carbonyl (C=O) groups is 2. The Morgan fingerprint density at radius 2 is 1.73 bits per heavy atom. The van der Waals surface area contributed by atoms with Gasteiger partial charge in [0.2, 0.25) is 0 Å². The standard InChI is InChI=1S/C16H20BrNO3.ClH/c1-21-16(20)13-5-3-2-4-12(13)15(19)14(18)10-6-8-11(17)9-7-10;/h6-9,12-14H,2-5,18H2,1H3;1H/t12-,13?,14?;/m1./s1. The fourth-order valence-electron chi connectivity index (χ4n) is 2.97. The Balaban J connectivity index is 0.00000242. The van der Waals surface area contributed by atoms with E-state index in [4.69, 9.17) is 10.5 Å². The second kappa shape index (κ2) is 8.65. The minimum absolute atomic E-state index is 0. The highest BCUT2D eigenvalue weighted by molar-refractivity contribution is 9.10. The topological polar surface area (TPSA) is 69.4 Å². The smallest absolute Gasteiger partial charge is 0.309 e. The van der Waals surface area contributed by atoms with Crippen LogP contribution >= 0.6 is 28.3 Å². The van der Waals surface area contributed by atoms with Crippen molar-refractivity contribution in [2.45, 2.75) is 31.7 Å². The van der Waals surface area contributed by atoms with Crippen molar-refractivity contribution in [1.29, 1.82) is 0 Å². The van der Waals surface area contributed by atoms with Crippen molar-refractivity contribution in [3.8, 4) is 0 Å². The summed E-state index contributed by atoms with van der Waals surface area (Å²) in [6.45, 7) is 0. The van der Waals surface area contributed by atoms with Crippen molar-refractivity contribution < 1.29 is 14.3 Å². The minimum Gasteiger partial charge on any atom is -0.469 e. The summed E-state index contributed by atoms with van der Waals surface area (Å²) in [5.74, 6) is -1.04. The molecule has 22 heavy (non-hydrogen) atoms. The first-order chi connectivity index (χ1) is 10.0. The lowest BCUT2D eigenvalue weighted by Gasteiger charge is -2.30. The number of ether oxygens (including phenoxy) is 1. The number of hydrogen-bond acceptors (Lipinski definition) is 4. The Hall–Kier alpha value is -0.910. The van der Waals surface area contributed by atoms with Crippen LogP contribution in [0.4, 0.5) is 0 Å². The molecule has 1 fully saturated rings. The normalized spacial score (nSPS) is 22.3. The van der Waals surface area contributed by atoms with Crippen LogP contribution in [0.3, 0.4) is 0 Å². The quantitative estimate of drug-likeness (QED) is 0.800. The molecule has 2 rings (SSSR count). The van der Waals surface area contributed by atoms with Gasteiger partial charge in [-0.2, -0.15) is 0 Å². The molecule has 6 heteroatoms. The van der Waals surface area contributed by atoms with Crippen LogP contribution in [-0.2, 0) is 14.3 Å². The highest BCUT2D eigenvalue weighted by Crippen LogP contribution is 2.34. The van der Waals surface area contributed by atoms with Crippen LogP contribution in [0.2, 0.25) is 0 Å². The number of carbonyl (C=O) groups excluding carboxylic acids is 2. The van der Waals surface area contributed by atoms with Crippen molar-refractivity contribution in [2.75, 3.05) is 7.11 Å². The zero-order valence-electron chi connectivity index (χ0n) is 12.5. The van der Waals surface area contributed by atoms with Gasteiger partial charge in [0.05, 0.1) is 19.1 Å². The molecule has 0 saturated heterocycles.